The van der Waals surface area contributed by atoms with Gasteiger partial charge in [-0.1, -0.05) is 24.2 Å². The average Bonchev–Trinajstić information content (AvgIpc) is 2.97. The van der Waals surface area contributed by atoms with Crippen LogP contribution >= 0.6 is 0 Å². The molecule has 0 bridgehead atoms. The Morgan fingerprint density at radius 3 is 3.00 bits per heavy atom. The number of nitrogens with zero attached hydrogens (tertiary/aromatic N) is 2. The summed E-state index contributed by atoms with van der Waals surface area (Å²) < 4.78 is 10.5. The van der Waals surface area contributed by atoms with Crippen LogP contribution in [0.2, 0.25) is 0 Å². The lowest BCUT2D eigenvalue weighted by Gasteiger charge is -1.97. The van der Waals surface area contributed by atoms with Gasteiger partial charge in [0.05, 0.1) is 12.7 Å². The van der Waals surface area contributed by atoms with E-state index < -0.39 is 0 Å². The van der Waals surface area contributed by atoms with Crippen molar-refractivity contribution in [3.8, 4) is 0 Å². The van der Waals surface area contributed by atoms with Crippen molar-refractivity contribution in [2.24, 2.45) is 0 Å². The molecule has 0 spiro atoms. The average molecular weight is 228 g/mol. The minimum absolute atomic E-state index is 0.643. The molecule has 2 aromatic heterocycles. The highest BCUT2D eigenvalue weighted by Gasteiger charge is 2.09. The molecule has 0 unspecified atom stereocenters. The summed E-state index contributed by atoms with van der Waals surface area (Å²) in [7, 11) is 0. The number of benzene rings is 1. The molecule has 0 aliphatic heterocycles. The van der Waals surface area contributed by atoms with Crippen LogP contribution in [0.3, 0.4) is 0 Å². The maximum atomic E-state index is 5.36. The molecule has 0 radical (unpaired) electrons. The third kappa shape index (κ3) is 1.82. The summed E-state index contributed by atoms with van der Waals surface area (Å²) in [5, 5.41) is 4.99. The molecule has 3 rings (SSSR count). The maximum absolute atomic E-state index is 5.36. The van der Waals surface area contributed by atoms with E-state index in [1.807, 2.05) is 31.2 Å². The Bertz CT molecular complexity index is 639. The summed E-state index contributed by atoms with van der Waals surface area (Å²) in [5.41, 5.74) is 2.03. The molecule has 2 heterocycles. The molecule has 0 fully saturated rings. The molecule has 0 saturated carbocycles. The van der Waals surface area contributed by atoms with Gasteiger partial charge < -0.3 is 8.94 Å². The zero-order valence-electron chi connectivity index (χ0n) is 9.51. The van der Waals surface area contributed by atoms with Crippen molar-refractivity contribution < 1.29 is 8.94 Å². The van der Waals surface area contributed by atoms with Crippen molar-refractivity contribution in [1.82, 2.24) is 10.1 Å². The highest BCUT2D eigenvalue weighted by Crippen LogP contribution is 2.21. The minimum atomic E-state index is 0.643. The van der Waals surface area contributed by atoms with Gasteiger partial charge in [-0.15, -0.1) is 0 Å². The molecule has 0 amide bonds. The number of aryl methyl sites for hydroxylation is 1. The fourth-order valence-electron chi connectivity index (χ4n) is 1.88. The fraction of sp³-hybridized carbons (Fsp3) is 0.231. The zero-order chi connectivity index (χ0) is 11.7. The second kappa shape index (κ2) is 4.05. The van der Waals surface area contributed by atoms with Crippen molar-refractivity contribution in [1.29, 1.82) is 0 Å². The van der Waals surface area contributed by atoms with Gasteiger partial charge in [0, 0.05) is 11.8 Å². The Hall–Kier alpha value is -2.10. The van der Waals surface area contributed by atoms with E-state index in [1.54, 1.807) is 6.26 Å². The molecule has 86 valence electrons. The summed E-state index contributed by atoms with van der Waals surface area (Å²) >= 11 is 0. The lowest BCUT2D eigenvalue weighted by Crippen LogP contribution is -1.89. The topological polar surface area (TPSA) is 52.1 Å². The number of hydrogen-bond donors (Lipinski definition) is 0. The monoisotopic (exact) mass is 228 g/mol. The van der Waals surface area contributed by atoms with Gasteiger partial charge >= 0.3 is 0 Å². The second-order valence-corrected chi connectivity index (χ2v) is 3.88. The molecule has 4 nitrogen and oxygen atoms in total. The predicted octanol–water partition coefficient (Wildman–Crippen LogP) is 2.97. The first-order chi connectivity index (χ1) is 8.36. The summed E-state index contributed by atoms with van der Waals surface area (Å²) in [6.45, 7) is 2.01. The number of fused-ring (bicyclic) bond motifs is 1. The Kier molecular flexibility index (Phi) is 2.40. The molecular weight excluding hydrogens is 216 g/mol. The van der Waals surface area contributed by atoms with Crippen LogP contribution < -0.4 is 0 Å². The molecule has 0 atom stereocenters. The van der Waals surface area contributed by atoms with E-state index >= 15 is 0 Å². The molecule has 0 saturated heterocycles. The van der Waals surface area contributed by atoms with Gasteiger partial charge in [-0.2, -0.15) is 4.98 Å². The lowest BCUT2D eigenvalue weighted by atomic mass is 10.1. The molecule has 4 heteroatoms. The van der Waals surface area contributed by atoms with Crippen molar-refractivity contribution in [2.75, 3.05) is 0 Å². The van der Waals surface area contributed by atoms with E-state index in [9.17, 15) is 0 Å². The van der Waals surface area contributed by atoms with Crippen LogP contribution in [0.1, 0.15) is 24.2 Å². The van der Waals surface area contributed by atoms with E-state index in [0.29, 0.717) is 12.3 Å². The molecule has 17 heavy (non-hydrogen) atoms. The third-order valence-corrected chi connectivity index (χ3v) is 2.75. The highest BCUT2D eigenvalue weighted by atomic mass is 16.5. The van der Waals surface area contributed by atoms with Crippen LogP contribution in [0.5, 0.6) is 0 Å². The van der Waals surface area contributed by atoms with Gasteiger partial charge in [0.25, 0.3) is 0 Å². The van der Waals surface area contributed by atoms with Gasteiger partial charge in [0.1, 0.15) is 5.58 Å². The van der Waals surface area contributed by atoms with E-state index in [-0.39, 0.29) is 0 Å². The van der Waals surface area contributed by atoms with E-state index in [2.05, 4.69) is 10.1 Å². The van der Waals surface area contributed by atoms with Gasteiger partial charge in [-0.05, 0) is 17.7 Å². The number of furan rings is 1. The van der Waals surface area contributed by atoms with E-state index in [4.69, 9.17) is 8.94 Å². The van der Waals surface area contributed by atoms with Crippen molar-refractivity contribution >= 4 is 11.0 Å². The Morgan fingerprint density at radius 1 is 1.24 bits per heavy atom. The maximum Gasteiger partial charge on any atom is 0.231 e. The van der Waals surface area contributed by atoms with Gasteiger partial charge in [0.15, 0.2) is 5.82 Å². The Balaban J connectivity index is 1.96. The van der Waals surface area contributed by atoms with E-state index in [1.165, 1.54) is 0 Å². The molecular formula is C13H12N2O2. The third-order valence-electron chi connectivity index (χ3n) is 2.75. The van der Waals surface area contributed by atoms with Crippen molar-refractivity contribution in [2.45, 2.75) is 19.8 Å². The van der Waals surface area contributed by atoms with Crippen molar-refractivity contribution in [3.63, 3.8) is 0 Å². The van der Waals surface area contributed by atoms with E-state index in [0.717, 1.165) is 28.8 Å². The molecule has 3 aromatic rings. The number of aromatic nitrogens is 2. The van der Waals surface area contributed by atoms with Crippen LogP contribution in [0, 0.1) is 0 Å². The van der Waals surface area contributed by atoms with Crippen LogP contribution in [-0.2, 0) is 12.8 Å². The summed E-state index contributed by atoms with van der Waals surface area (Å²) in [4.78, 5) is 4.31. The quantitative estimate of drug-likeness (QED) is 0.691. The Morgan fingerprint density at radius 2 is 2.18 bits per heavy atom. The standard InChI is InChI=1S/C13H12N2O2/c1-2-12-14-13(17-15-12)8-9-4-3-5-11-10(9)6-7-16-11/h3-7H,2,8H2,1H3. The van der Waals surface area contributed by atoms with Gasteiger partial charge in [0.2, 0.25) is 5.89 Å². The first-order valence-corrected chi connectivity index (χ1v) is 5.63. The highest BCUT2D eigenvalue weighted by molar-refractivity contribution is 5.81. The molecule has 1 aromatic carbocycles. The summed E-state index contributed by atoms with van der Waals surface area (Å²) in [6, 6.07) is 7.93. The first kappa shape index (κ1) is 10.1. The van der Waals surface area contributed by atoms with Gasteiger partial charge in [-0.3, -0.25) is 0 Å². The van der Waals surface area contributed by atoms with Gasteiger partial charge in [-0.25, -0.2) is 0 Å². The van der Waals surface area contributed by atoms with Crippen LogP contribution in [0.25, 0.3) is 11.0 Å². The van der Waals surface area contributed by atoms with Crippen molar-refractivity contribution in [3.05, 3.63) is 47.8 Å². The second-order valence-electron chi connectivity index (χ2n) is 3.88. The van der Waals surface area contributed by atoms with Crippen LogP contribution in [-0.4, -0.2) is 10.1 Å². The minimum Gasteiger partial charge on any atom is -0.464 e. The lowest BCUT2D eigenvalue weighted by molar-refractivity contribution is 0.380. The zero-order valence-corrected chi connectivity index (χ0v) is 9.51. The number of hydrogen-bond acceptors (Lipinski definition) is 4. The number of rotatable bonds is 3. The first-order valence-electron chi connectivity index (χ1n) is 5.63. The molecule has 0 aliphatic carbocycles. The summed E-state index contributed by atoms with van der Waals surface area (Å²) in [6.07, 6.45) is 3.13. The van der Waals surface area contributed by atoms with Crippen LogP contribution in [0.4, 0.5) is 0 Å². The summed E-state index contributed by atoms with van der Waals surface area (Å²) in [5.74, 6) is 1.40. The smallest absolute Gasteiger partial charge is 0.231 e. The Labute approximate surface area is 98.2 Å². The largest absolute Gasteiger partial charge is 0.464 e. The van der Waals surface area contributed by atoms with Crippen LogP contribution in [0.15, 0.2) is 39.5 Å². The molecule has 0 N–H and O–H groups in total. The SMILES string of the molecule is CCc1noc(Cc2cccc3occc23)n1. The fourth-order valence-corrected chi connectivity index (χ4v) is 1.88. The predicted molar refractivity (Wildman–Crippen MR) is 62.7 cm³/mol. The normalized spacial score (nSPS) is 11.1. The molecule has 0 aliphatic rings.